The molecule has 0 aliphatic carbocycles. The van der Waals surface area contributed by atoms with E-state index in [-0.39, 0.29) is 18.3 Å². The third-order valence-corrected chi connectivity index (χ3v) is 3.68. The molecule has 9 heteroatoms. The van der Waals surface area contributed by atoms with Gasteiger partial charge in [0.15, 0.2) is 24.0 Å². The maximum atomic E-state index is 12.1. The molecule has 0 atom stereocenters. The van der Waals surface area contributed by atoms with E-state index < -0.39 is 0 Å². The van der Waals surface area contributed by atoms with Crippen LogP contribution < -0.4 is 10.1 Å². The minimum Gasteiger partial charge on any atom is -0.468 e. The summed E-state index contributed by atoms with van der Waals surface area (Å²) in [6.07, 6.45) is 3.35. The molecule has 0 saturated carbocycles. The maximum absolute atomic E-state index is 12.1. The van der Waals surface area contributed by atoms with Crippen LogP contribution in [0.2, 0.25) is 10.0 Å². The molecule has 1 N–H and O–H groups in total. The lowest BCUT2D eigenvalue weighted by Gasteiger charge is -2.09. The molecule has 3 rings (SSSR count). The summed E-state index contributed by atoms with van der Waals surface area (Å²) in [7, 11) is 1.77. The van der Waals surface area contributed by atoms with E-state index in [2.05, 4.69) is 15.5 Å². The molecular weight excluding hydrogens is 353 g/mol. The fourth-order valence-corrected chi connectivity index (χ4v) is 2.47. The Morgan fingerprint density at radius 2 is 1.92 bits per heavy atom. The Hall–Kier alpha value is -2.51. The summed E-state index contributed by atoms with van der Waals surface area (Å²) in [6.45, 7) is 0.0698. The minimum atomic E-state index is -0.358. The molecule has 0 aliphatic rings. The summed E-state index contributed by atoms with van der Waals surface area (Å²) in [5.41, 5.74) is 0.245. The van der Waals surface area contributed by atoms with E-state index in [1.807, 2.05) is 0 Å². The Bertz CT molecular complexity index is 854. The van der Waals surface area contributed by atoms with Crippen LogP contribution in [-0.2, 0) is 13.8 Å². The van der Waals surface area contributed by atoms with Gasteiger partial charge in [0, 0.05) is 25.5 Å². The van der Waals surface area contributed by atoms with Crippen LogP contribution in [0.5, 0.6) is 5.75 Å². The fourth-order valence-electron chi connectivity index (χ4n) is 1.97. The quantitative estimate of drug-likeness (QED) is 0.753. The van der Waals surface area contributed by atoms with Crippen molar-refractivity contribution in [3.63, 3.8) is 0 Å². The topological polar surface area (TPSA) is 74.0 Å². The number of benzene rings is 1. The molecule has 24 heavy (non-hydrogen) atoms. The van der Waals surface area contributed by atoms with Gasteiger partial charge in [-0.25, -0.2) is 4.68 Å². The lowest BCUT2D eigenvalue weighted by Crippen LogP contribution is -2.14. The second-order valence-corrected chi connectivity index (χ2v) is 5.71. The number of ether oxygens (including phenoxy) is 1. The number of nitrogens with one attached hydrogen (secondary N) is 1. The van der Waals surface area contributed by atoms with Gasteiger partial charge in [0.05, 0.1) is 10.0 Å². The highest BCUT2D eigenvalue weighted by atomic mass is 35.5. The van der Waals surface area contributed by atoms with Crippen LogP contribution in [0, 0.1) is 0 Å². The SMILES string of the molecule is Cn1ccc(NC(=O)c2ccn(COc3c(Cl)cccc3Cl)n2)n1. The first-order valence-electron chi connectivity index (χ1n) is 6.94. The number of anilines is 1. The van der Waals surface area contributed by atoms with Crippen molar-refractivity contribution in [3.8, 4) is 5.75 Å². The maximum Gasteiger partial charge on any atom is 0.277 e. The number of halogens is 2. The van der Waals surface area contributed by atoms with Crippen LogP contribution >= 0.6 is 23.2 Å². The Morgan fingerprint density at radius 3 is 2.58 bits per heavy atom. The Labute approximate surface area is 147 Å². The average molecular weight is 366 g/mol. The fraction of sp³-hybridized carbons (Fsp3) is 0.133. The summed E-state index contributed by atoms with van der Waals surface area (Å²) in [4.78, 5) is 12.1. The van der Waals surface area contributed by atoms with Crippen molar-refractivity contribution in [2.45, 2.75) is 6.73 Å². The minimum absolute atomic E-state index is 0.0698. The first kappa shape index (κ1) is 16.4. The Morgan fingerprint density at radius 1 is 1.17 bits per heavy atom. The Balaban J connectivity index is 1.64. The zero-order chi connectivity index (χ0) is 17.1. The molecule has 2 heterocycles. The summed E-state index contributed by atoms with van der Waals surface area (Å²) in [5.74, 6) is 0.468. The van der Waals surface area contributed by atoms with Crippen LogP contribution in [0.3, 0.4) is 0 Å². The van der Waals surface area contributed by atoms with E-state index in [9.17, 15) is 4.79 Å². The highest BCUT2D eigenvalue weighted by Gasteiger charge is 2.12. The lowest BCUT2D eigenvalue weighted by atomic mass is 10.3. The number of amides is 1. The highest BCUT2D eigenvalue weighted by Crippen LogP contribution is 2.32. The van der Waals surface area contributed by atoms with Crippen molar-refractivity contribution in [3.05, 3.63) is 58.5 Å². The number of rotatable bonds is 5. The van der Waals surface area contributed by atoms with Crippen LogP contribution in [0.25, 0.3) is 0 Å². The summed E-state index contributed by atoms with van der Waals surface area (Å²) in [5, 5.41) is 11.7. The van der Waals surface area contributed by atoms with Gasteiger partial charge in [-0.15, -0.1) is 0 Å². The number of carbonyl (C=O) groups excluding carboxylic acids is 1. The number of aryl methyl sites for hydroxylation is 1. The molecule has 0 unspecified atom stereocenters. The van der Waals surface area contributed by atoms with Crippen molar-refractivity contribution in [2.75, 3.05) is 5.32 Å². The first-order chi connectivity index (χ1) is 11.5. The van der Waals surface area contributed by atoms with Crippen molar-refractivity contribution in [1.29, 1.82) is 0 Å². The highest BCUT2D eigenvalue weighted by molar-refractivity contribution is 6.37. The van der Waals surface area contributed by atoms with Gasteiger partial charge in [0.1, 0.15) is 0 Å². The molecule has 0 saturated heterocycles. The van der Waals surface area contributed by atoms with Crippen LogP contribution in [0.1, 0.15) is 10.5 Å². The van der Waals surface area contributed by atoms with Crippen molar-refractivity contribution < 1.29 is 9.53 Å². The molecule has 0 spiro atoms. The van der Waals surface area contributed by atoms with E-state index in [4.69, 9.17) is 27.9 Å². The summed E-state index contributed by atoms with van der Waals surface area (Å²) < 4.78 is 8.62. The van der Waals surface area contributed by atoms with Gasteiger partial charge in [0.25, 0.3) is 5.91 Å². The number of hydrogen-bond acceptors (Lipinski definition) is 4. The van der Waals surface area contributed by atoms with Crippen LogP contribution in [0.4, 0.5) is 5.82 Å². The second kappa shape index (κ2) is 6.94. The van der Waals surface area contributed by atoms with E-state index in [1.54, 1.807) is 54.5 Å². The molecule has 2 aromatic heterocycles. The largest absolute Gasteiger partial charge is 0.468 e. The molecule has 1 amide bonds. The molecule has 7 nitrogen and oxygen atoms in total. The van der Waals surface area contributed by atoms with Gasteiger partial charge >= 0.3 is 0 Å². The van der Waals surface area contributed by atoms with Gasteiger partial charge in [-0.05, 0) is 18.2 Å². The van der Waals surface area contributed by atoms with Gasteiger partial charge in [-0.2, -0.15) is 10.2 Å². The molecule has 0 fully saturated rings. The normalized spacial score (nSPS) is 10.6. The smallest absolute Gasteiger partial charge is 0.277 e. The van der Waals surface area contributed by atoms with Crippen molar-refractivity contribution in [1.82, 2.24) is 19.6 Å². The molecule has 0 aliphatic heterocycles. The van der Waals surface area contributed by atoms with Gasteiger partial charge in [-0.3, -0.25) is 9.48 Å². The summed E-state index contributed by atoms with van der Waals surface area (Å²) in [6, 6.07) is 8.36. The monoisotopic (exact) mass is 365 g/mol. The van der Waals surface area contributed by atoms with Gasteiger partial charge in [-0.1, -0.05) is 29.3 Å². The first-order valence-corrected chi connectivity index (χ1v) is 7.70. The number of carbonyl (C=O) groups is 1. The summed E-state index contributed by atoms with van der Waals surface area (Å²) >= 11 is 12.1. The predicted octanol–water partition coefficient (Wildman–Crippen LogP) is 3.21. The zero-order valence-electron chi connectivity index (χ0n) is 12.6. The van der Waals surface area contributed by atoms with Gasteiger partial charge < -0.3 is 10.1 Å². The molecule has 124 valence electrons. The lowest BCUT2D eigenvalue weighted by molar-refractivity contribution is 0.102. The predicted molar refractivity (Wildman–Crippen MR) is 90.5 cm³/mol. The van der Waals surface area contributed by atoms with Crippen molar-refractivity contribution in [2.24, 2.45) is 7.05 Å². The van der Waals surface area contributed by atoms with Crippen molar-refractivity contribution >= 4 is 34.9 Å². The Kier molecular flexibility index (Phi) is 4.73. The third kappa shape index (κ3) is 3.69. The van der Waals surface area contributed by atoms with Crippen LogP contribution in [0.15, 0.2) is 42.7 Å². The molecule has 0 radical (unpaired) electrons. The average Bonchev–Trinajstić information content (AvgIpc) is 3.16. The zero-order valence-corrected chi connectivity index (χ0v) is 14.1. The number of nitrogens with zero attached hydrogens (tertiary/aromatic N) is 4. The molecule has 3 aromatic rings. The molecule has 0 bridgehead atoms. The van der Waals surface area contributed by atoms with E-state index in [0.29, 0.717) is 21.6 Å². The van der Waals surface area contributed by atoms with E-state index >= 15 is 0 Å². The van der Waals surface area contributed by atoms with E-state index in [1.165, 1.54) is 4.68 Å². The number of hydrogen-bond donors (Lipinski definition) is 1. The standard InChI is InChI=1S/C15H13Cl2N5O2/c1-21-7-6-13(20-21)18-15(23)12-5-8-22(19-12)9-24-14-10(16)3-2-4-11(14)17/h2-8H,9H2,1H3,(H,18,20,23). The second-order valence-electron chi connectivity index (χ2n) is 4.89. The van der Waals surface area contributed by atoms with Crippen LogP contribution in [-0.4, -0.2) is 25.5 Å². The molecular formula is C15H13Cl2N5O2. The molecule has 1 aromatic carbocycles. The van der Waals surface area contributed by atoms with E-state index in [0.717, 1.165) is 0 Å². The number of para-hydroxylation sites is 1. The third-order valence-electron chi connectivity index (χ3n) is 3.09. The van der Waals surface area contributed by atoms with Gasteiger partial charge in [0.2, 0.25) is 0 Å². The number of aromatic nitrogens is 4.